The maximum atomic E-state index is 6.05. The standard InChI is InChI=1S/C12H10Cl3N3/c13-8-4-2-1-3-7(8)6-17-12-10(15)5-9(14)11(16)18-12/h1-5H,6H2,(H3,16,17,18). The van der Waals surface area contributed by atoms with Crippen LogP contribution in [0, 0.1) is 0 Å². The van der Waals surface area contributed by atoms with Crippen molar-refractivity contribution in [2.45, 2.75) is 6.54 Å². The quantitative estimate of drug-likeness (QED) is 0.892. The first kappa shape index (κ1) is 13.3. The highest BCUT2D eigenvalue weighted by atomic mass is 35.5. The Bertz CT molecular complexity index is 572. The van der Waals surface area contributed by atoms with Crippen molar-refractivity contribution in [3.63, 3.8) is 0 Å². The number of aromatic nitrogens is 1. The van der Waals surface area contributed by atoms with Crippen LogP contribution in [-0.4, -0.2) is 4.98 Å². The van der Waals surface area contributed by atoms with Crippen LogP contribution in [0.25, 0.3) is 0 Å². The van der Waals surface area contributed by atoms with Crippen molar-refractivity contribution in [2.24, 2.45) is 0 Å². The number of nitrogens with zero attached hydrogens (tertiary/aromatic N) is 1. The molecule has 0 spiro atoms. The number of nitrogens with one attached hydrogen (secondary N) is 1. The molecule has 0 aliphatic carbocycles. The maximum absolute atomic E-state index is 6.05. The van der Waals surface area contributed by atoms with Crippen LogP contribution in [0.5, 0.6) is 0 Å². The molecular formula is C12H10Cl3N3. The molecule has 0 atom stereocenters. The van der Waals surface area contributed by atoms with E-state index in [9.17, 15) is 0 Å². The van der Waals surface area contributed by atoms with Gasteiger partial charge in [0.2, 0.25) is 0 Å². The zero-order chi connectivity index (χ0) is 13.1. The lowest BCUT2D eigenvalue weighted by molar-refractivity contribution is 1.11. The predicted octanol–water partition coefficient (Wildman–Crippen LogP) is 4.24. The van der Waals surface area contributed by atoms with E-state index in [0.29, 0.717) is 27.4 Å². The molecule has 0 bridgehead atoms. The van der Waals surface area contributed by atoms with Crippen LogP contribution in [0.2, 0.25) is 15.1 Å². The molecule has 0 saturated carbocycles. The van der Waals surface area contributed by atoms with E-state index < -0.39 is 0 Å². The summed E-state index contributed by atoms with van der Waals surface area (Å²) in [6, 6.07) is 9.08. The summed E-state index contributed by atoms with van der Waals surface area (Å²) >= 11 is 17.9. The van der Waals surface area contributed by atoms with Gasteiger partial charge < -0.3 is 11.1 Å². The predicted molar refractivity (Wildman–Crippen MR) is 77.4 cm³/mol. The zero-order valence-electron chi connectivity index (χ0n) is 9.25. The van der Waals surface area contributed by atoms with E-state index in [4.69, 9.17) is 40.5 Å². The molecule has 0 saturated heterocycles. The lowest BCUT2D eigenvalue weighted by atomic mass is 10.2. The van der Waals surface area contributed by atoms with Crippen LogP contribution < -0.4 is 11.1 Å². The molecule has 0 aliphatic heterocycles. The van der Waals surface area contributed by atoms with Crippen molar-refractivity contribution < 1.29 is 0 Å². The number of hydrogen-bond donors (Lipinski definition) is 2. The number of nitrogens with two attached hydrogens (primary N) is 1. The Morgan fingerprint density at radius 2 is 1.78 bits per heavy atom. The van der Waals surface area contributed by atoms with Crippen molar-refractivity contribution in [2.75, 3.05) is 11.1 Å². The van der Waals surface area contributed by atoms with Crippen LogP contribution >= 0.6 is 34.8 Å². The van der Waals surface area contributed by atoms with Crippen LogP contribution in [0.1, 0.15) is 5.56 Å². The average molecular weight is 303 g/mol. The molecule has 18 heavy (non-hydrogen) atoms. The fourth-order valence-corrected chi connectivity index (χ4v) is 2.05. The van der Waals surface area contributed by atoms with Gasteiger partial charge in [0.25, 0.3) is 0 Å². The molecule has 1 aromatic heterocycles. The Balaban J connectivity index is 2.16. The molecule has 0 aliphatic rings. The number of rotatable bonds is 3. The first-order valence-electron chi connectivity index (χ1n) is 5.16. The normalized spacial score (nSPS) is 10.4. The molecule has 6 heteroatoms. The number of pyridine rings is 1. The number of hydrogen-bond acceptors (Lipinski definition) is 3. The fraction of sp³-hybridized carbons (Fsp3) is 0.0833. The second kappa shape index (κ2) is 5.65. The average Bonchev–Trinajstić information content (AvgIpc) is 2.34. The van der Waals surface area contributed by atoms with Gasteiger partial charge in [0.05, 0.1) is 10.0 Å². The third-order valence-electron chi connectivity index (χ3n) is 2.36. The molecule has 0 radical (unpaired) electrons. The van der Waals surface area contributed by atoms with Gasteiger partial charge in [-0.3, -0.25) is 0 Å². The number of benzene rings is 1. The second-order valence-corrected chi connectivity index (χ2v) is 4.85. The topological polar surface area (TPSA) is 50.9 Å². The van der Waals surface area contributed by atoms with Gasteiger partial charge in [-0.05, 0) is 17.7 Å². The van der Waals surface area contributed by atoms with Gasteiger partial charge in [-0.1, -0.05) is 53.0 Å². The van der Waals surface area contributed by atoms with Crippen molar-refractivity contribution in [1.29, 1.82) is 0 Å². The highest BCUT2D eigenvalue weighted by Crippen LogP contribution is 2.28. The molecule has 1 heterocycles. The Kier molecular flexibility index (Phi) is 4.17. The Hall–Kier alpha value is -1.16. The van der Waals surface area contributed by atoms with Gasteiger partial charge in [0, 0.05) is 11.6 Å². The molecule has 94 valence electrons. The summed E-state index contributed by atoms with van der Waals surface area (Å²) in [6.07, 6.45) is 0. The Morgan fingerprint density at radius 1 is 1.06 bits per heavy atom. The molecule has 3 nitrogen and oxygen atoms in total. The van der Waals surface area contributed by atoms with Crippen molar-refractivity contribution >= 4 is 46.4 Å². The highest BCUT2D eigenvalue weighted by molar-refractivity contribution is 6.37. The van der Waals surface area contributed by atoms with Crippen LogP contribution in [0.4, 0.5) is 11.6 Å². The molecule has 1 aromatic carbocycles. The summed E-state index contributed by atoms with van der Waals surface area (Å²) in [5.41, 5.74) is 6.57. The van der Waals surface area contributed by atoms with E-state index in [1.54, 1.807) is 6.07 Å². The number of halogens is 3. The summed E-state index contributed by atoms with van der Waals surface area (Å²) in [6.45, 7) is 0.507. The minimum atomic E-state index is 0.239. The van der Waals surface area contributed by atoms with Crippen LogP contribution in [0.15, 0.2) is 30.3 Å². The largest absolute Gasteiger partial charge is 0.382 e. The van der Waals surface area contributed by atoms with Gasteiger partial charge in [0.1, 0.15) is 11.6 Å². The molecular weight excluding hydrogens is 293 g/mol. The smallest absolute Gasteiger partial charge is 0.147 e. The van der Waals surface area contributed by atoms with E-state index in [2.05, 4.69) is 10.3 Å². The Morgan fingerprint density at radius 3 is 2.50 bits per heavy atom. The summed E-state index contributed by atoms with van der Waals surface area (Å²) < 4.78 is 0. The van der Waals surface area contributed by atoms with Crippen molar-refractivity contribution in [1.82, 2.24) is 4.98 Å². The number of nitrogen functional groups attached to an aromatic ring is 1. The van der Waals surface area contributed by atoms with E-state index in [1.165, 1.54) is 0 Å². The SMILES string of the molecule is Nc1nc(NCc2ccccc2Cl)c(Cl)cc1Cl. The number of anilines is 2. The van der Waals surface area contributed by atoms with Gasteiger partial charge >= 0.3 is 0 Å². The summed E-state index contributed by atoms with van der Waals surface area (Å²) in [5.74, 6) is 0.723. The first-order valence-corrected chi connectivity index (χ1v) is 6.30. The van der Waals surface area contributed by atoms with Gasteiger partial charge in [-0.25, -0.2) is 4.98 Å². The summed E-state index contributed by atoms with van der Waals surface area (Å²) in [7, 11) is 0. The van der Waals surface area contributed by atoms with Gasteiger partial charge in [-0.15, -0.1) is 0 Å². The van der Waals surface area contributed by atoms with Crippen LogP contribution in [0.3, 0.4) is 0 Å². The lowest BCUT2D eigenvalue weighted by Gasteiger charge is -2.10. The van der Waals surface area contributed by atoms with Crippen molar-refractivity contribution in [3.8, 4) is 0 Å². The fourth-order valence-electron chi connectivity index (χ4n) is 1.43. The third-order valence-corrected chi connectivity index (χ3v) is 3.32. The van der Waals surface area contributed by atoms with Crippen molar-refractivity contribution in [3.05, 3.63) is 51.0 Å². The zero-order valence-corrected chi connectivity index (χ0v) is 11.5. The van der Waals surface area contributed by atoms with E-state index in [-0.39, 0.29) is 5.82 Å². The first-order chi connectivity index (χ1) is 8.58. The molecule has 0 amide bonds. The Labute approximate surface area is 120 Å². The molecule has 3 N–H and O–H groups in total. The third kappa shape index (κ3) is 2.99. The maximum Gasteiger partial charge on any atom is 0.147 e. The van der Waals surface area contributed by atoms with E-state index in [0.717, 1.165) is 5.56 Å². The second-order valence-electron chi connectivity index (χ2n) is 3.63. The monoisotopic (exact) mass is 301 g/mol. The van der Waals surface area contributed by atoms with Gasteiger partial charge in [0.15, 0.2) is 0 Å². The summed E-state index contributed by atoms with van der Waals surface area (Å²) in [5, 5.41) is 4.51. The van der Waals surface area contributed by atoms with E-state index in [1.807, 2.05) is 24.3 Å². The van der Waals surface area contributed by atoms with E-state index >= 15 is 0 Å². The molecule has 2 rings (SSSR count). The molecule has 2 aromatic rings. The lowest BCUT2D eigenvalue weighted by Crippen LogP contribution is -2.04. The van der Waals surface area contributed by atoms with Gasteiger partial charge in [-0.2, -0.15) is 0 Å². The minimum absolute atomic E-state index is 0.239. The van der Waals surface area contributed by atoms with Crippen LogP contribution in [-0.2, 0) is 6.54 Å². The highest BCUT2D eigenvalue weighted by Gasteiger charge is 2.07. The summed E-state index contributed by atoms with van der Waals surface area (Å²) in [4.78, 5) is 4.08. The molecule has 0 fully saturated rings. The minimum Gasteiger partial charge on any atom is -0.382 e. The molecule has 0 unspecified atom stereocenters.